The molecule has 114 valence electrons. The molecule has 0 fully saturated rings. The molecular formula is C19H15ClN2S. The molecule has 0 unspecified atom stereocenters. The lowest BCUT2D eigenvalue weighted by molar-refractivity contribution is 0.782. The van der Waals surface area contributed by atoms with Gasteiger partial charge in [0.25, 0.3) is 0 Å². The van der Waals surface area contributed by atoms with Crippen LogP contribution in [-0.4, -0.2) is 9.55 Å². The van der Waals surface area contributed by atoms with Gasteiger partial charge >= 0.3 is 0 Å². The minimum absolute atomic E-state index is 0.538. The molecule has 0 N–H and O–H groups in total. The minimum Gasteiger partial charge on any atom is -0.313 e. The van der Waals surface area contributed by atoms with E-state index in [1.54, 1.807) is 0 Å². The van der Waals surface area contributed by atoms with Crippen LogP contribution in [0.3, 0.4) is 0 Å². The van der Waals surface area contributed by atoms with Crippen LogP contribution < -0.4 is 0 Å². The van der Waals surface area contributed by atoms with E-state index >= 15 is 0 Å². The summed E-state index contributed by atoms with van der Waals surface area (Å²) in [5, 5.41) is 0.708. The zero-order valence-electron chi connectivity index (χ0n) is 12.4. The molecule has 23 heavy (non-hydrogen) atoms. The number of benzene rings is 2. The third-order valence-corrected chi connectivity index (χ3v) is 4.10. The van der Waals surface area contributed by atoms with Crippen LogP contribution in [0.15, 0.2) is 73.3 Å². The van der Waals surface area contributed by atoms with Crippen molar-refractivity contribution < 1.29 is 0 Å². The summed E-state index contributed by atoms with van der Waals surface area (Å²) < 4.78 is 2.51. The van der Waals surface area contributed by atoms with E-state index in [4.69, 9.17) is 23.8 Å². The summed E-state index contributed by atoms with van der Waals surface area (Å²) in [4.78, 5) is 4.57. The van der Waals surface area contributed by atoms with Gasteiger partial charge in [0.2, 0.25) is 4.77 Å². The van der Waals surface area contributed by atoms with E-state index in [0.29, 0.717) is 16.3 Å². The molecule has 0 aliphatic heterocycles. The van der Waals surface area contributed by atoms with Crippen LogP contribution in [0.1, 0.15) is 0 Å². The van der Waals surface area contributed by atoms with Crippen LogP contribution in [0, 0.1) is 4.77 Å². The van der Waals surface area contributed by atoms with Crippen molar-refractivity contribution in [2.24, 2.45) is 0 Å². The maximum atomic E-state index is 6.00. The highest BCUT2D eigenvalue weighted by atomic mass is 35.5. The Bertz CT molecular complexity index is 883. The van der Waals surface area contributed by atoms with Gasteiger partial charge in [-0.1, -0.05) is 60.1 Å². The van der Waals surface area contributed by atoms with E-state index in [1.165, 1.54) is 0 Å². The first-order valence-corrected chi connectivity index (χ1v) is 8.02. The predicted molar refractivity (Wildman–Crippen MR) is 99.1 cm³/mol. The van der Waals surface area contributed by atoms with E-state index in [2.05, 4.69) is 17.6 Å². The molecule has 3 aromatic rings. The van der Waals surface area contributed by atoms with Crippen molar-refractivity contribution >= 4 is 23.8 Å². The lowest BCUT2D eigenvalue weighted by Gasteiger charge is -2.14. The fraction of sp³-hybridized carbons (Fsp3) is 0.0526. The topological polar surface area (TPSA) is 17.8 Å². The van der Waals surface area contributed by atoms with Crippen LogP contribution in [0.2, 0.25) is 5.02 Å². The minimum atomic E-state index is 0.538. The summed E-state index contributed by atoms with van der Waals surface area (Å²) >= 11 is 11.5. The Kier molecular flexibility index (Phi) is 4.70. The number of hydrogen-bond acceptors (Lipinski definition) is 2. The van der Waals surface area contributed by atoms with Crippen molar-refractivity contribution in [2.75, 3.05) is 0 Å². The second-order valence-corrected chi connectivity index (χ2v) is 5.88. The molecule has 0 aliphatic rings. The van der Waals surface area contributed by atoms with Crippen LogP contribution in [0.4, 0.5) is 0 Å². The summed E-state index contributed by atoms with van der Waals surface area (Å²) in [5.74, 6) is 0. The molecule has 3 rings (SSSR count). The standard InChI is InChI=1S/C19H15ClN2S/c1-2-12-22-18(15-8-10-16(20)11-9-15)13-17(21-19(22)23)14-6-4-3-5-7-14/h2-11,13H,1,12H2. The number of nitrogens with zero attached hydrogens (tertiary/aromatic N) is 2. The van der Waals surface area contributed by atoms with Gasteiger partial charge < -0.3 is 4.57 Å². The average Bonchev–Trinajstić information content (AvgIpc) is 2.58. The largest absolute Gasteiger partial charge is 0.313 e. The van der Waals surface area contributed by atoms with E-state index in [9.17, 15) is 0 Å². The quantitative estimate of drug-likeness (QED) is 0.443. The molecule has 4 heteroatoms. The molecule has 0 saturated heterocycles. The molecule has 1 heterocycles. The number of allylic oxidation sites excluding steroid dienone is 1. The Labute approximate surface area is 145 Å². The summed E-state index contributed by atoms with van der Waals surface area (Å²) in [6.45, 7) is 4.42. The van der Waals surface area contributed by atoms with Crippen molar-refractivity contribution in [1.82, 2.24) is 9.55 Å². The molecule has 0 saturated carbocycles. The summed E-state index contributed by atoms with van der Waals surface area (Å²) in [6, 6.07) is 19.8. The van der Waals surface area contributed by atoms with E-state index in [-0.39, 0.29) is 0 Å². The second-order valence-electron chi connectivity index (χ2n) is 5.08. The Balaban J connectivity index is 2.22. The highest BCUT2D eigenvalue weighted by Gasteiger charge is 2.09. The highest BCUT2D eigenvalue weighted by Crippen LogP contribution is 2.26. The van der Waals surface area contributed by atoms with Gasteiger partial charge in [-0.05, 0) is 36.0 Å². The first-order valence-electron chi connectivity index (χ1n) is 7.23. The van der Waals surface area contributed by atoms with Crippen molar-refractivity contribution in [3.63, 3.8) is 0 Å². The van der Waals surface area contributed by atoms with Crippen LogP contribution in [-0.2, 0) is 6.54 Å². The molecule has 0 amide bonds. The molecule has 0 atom stereocenters. The molecule has 0 spiro atoms. The molecular weight excluding hydrogens is 324 g/mol. The van der Waals surface area contributed by atoms with Gasteiger partial charge in [0.1, 0.15) is 0 Å². The SMILES string of the molecule is C=CCn1c(-c2ccc(Cl)cc2)cc(-c2ccccc2)nc1=S. The van der Waals surface area contributed by atoms with Gasteiger partial charge in [-0.15, -0.1) is 6.58 Å². The predicted octanol–water partition coefficient (Wildman–Crippen LogP) is 5.79. The molecule has 0 bridgehead atoms. The summed E-state index contributed by atoms with van der Waals surface area (Å²) in [6.07, 6.45) is 1.82. The zero-order valence-corrected chi connectivity index (χ0v) is 14.0. The maximum absolute atomic E-state index is 6.00. The van der Waals surface area contributed by atoms with Gasteiger partial charge in [0, 0.05) is 17.1 Å². The number of hydrogen-bond donors (Lipinski definition) is 0. The zero-order chi connectivity index (χ0) is 16.2. The number of aromatic nitrogens is 2. The normalized spacial score (nSPS) is 10.5. The van der Waals surface area contributed by atoms with E-state index in [0.717, 1.165) is 22.5 Å². The van der Waals surface area contributed by atoms with Crippen LogP contribution in [0.25, 0.3) is 22.5 Å². The second kappa shape index (κ2) is 6.90. The summed E-state index contributed by atoms with van der Waals surface area (Å²) in [5.41, 5.74) is 3.95. The summed E-state index contributed by atoms with van der Waals surface area (Å²) in [7, 11) is 0. The van der Waals surface area contributed by atoms with Crippen molar-refractivity contribution in [3.05, 3.63) is 83.1 Å². The Morgan fingerprint density at radius 3 is 2.39 bits per heavy atom. The smallest absolute Gasteiger partial charge is 0.200 e. The molecule has 0 radical (unpaired) electrons. The van der Waals surface area contributed by atoms with Gasteiger partial charge in [-0.25, -0.2) is 4.98 Å². The van der Waals surface area contributed by atoms with Crippen LogP contribution in [0.5, 0.6) is 0 Å². The molecule has 0 aliphatic carbocycles. The van der Waals surface area contributed by atoms with E-state index in [1.807, 2.05) is 65.2 Å². The fourth-order valence-electron chi connectivity index (χ4n) is 2.43. The average molecular weight is 339 g/mol. The van der Waals surface area contributed by atoms with Crippen molar-refractivity contribution in [3.8, 4) is 22.5 Å². The molecule has 1 aromatic heterocycles. The number of rotatable bonds is 4. The van der Waals surface area contributed by atoms with Crippen molar-refractivity contribution in [2.45, 2.75) is 6.54 Å². The lowest BCUT2D eigenvalue weighted by atomic mass is 10.1. The molecule has 2 nitrogen and oxygen atoms in total. The highest BCUT2D eigenvalue weighted by molar-refractivity contribution is 7.71. The van der Waals surface area contributed by atoms with Gasteiger partial charge in [-0.2, -0.15) is 0 Å². The van der Waals surface area contributed by atoms with E-state index < -0.39 is 0 Å². The Morgan fingerprint density at radius 1 is 1.04 bits per heavy atom. The Hall–Kier alpha value is -2.23. The van der Waals surface area contributed by atoms with Gasteiger partial charge in [-0.3, -0.25) is 0 Å². The maximum Gasteiger partial charge on any atom is 0.200 e. The first kappa shape index (κ1) is 15.7. The number of halogens is 1. The third-order valence-electron chi connectivity index (χ3n) is 3.53. The van der Waals surface area contributed by atoms with Crippen LogP contribution >= 0.6 is 23.8 Å². The Morgan fingerprint density at radius 2 is 1.74 bits per heavy atom. The lowest BCUT2D eigenvalue weighted by Crippen LogP contribution is -2.06. The fourth-order valence-corrected chi connectivity index (χ4v) is 2.83. The first-order chi connectivity index (χ1) is 11.2. The molecule has 2 aromatic carbocycles. The van der Waals surface area contributed by atoms with Crippen molar-refractivity contribution in [1.29, 1.82) is 0 Å². The van der Waals surface area contributed by atoms with Gasteiger partial charge in [0.05, 0.1) is 11.4 Å². The van der Waals surface area contributed by atoms with Gasteiger partial charge in [0.15, 0.2) is 0 Å². The monoisotopic (exact) mass is 338 g/mol. The third kappa shape index (κ3) is 3.41.